The number of ether oxygens (including phenoxy) is 1. The van der Waals surface area contributed by atoms with E-state index in [1.54, 1.807) is 7.11 Å². The molecule has 170 valence electrons. The number of primary amides is 1. The Kier molecular flexibility index (Phi) is 6.49. The van der Waals surface area contributed by atoms with Gasteiger partial charge in [-0.1, -0.05) is 18.2 Å². The molecule has 0 unspecified atom stereocenters. The van der Waals surface area contributed by atoms with E-state index in [0.717, 1.165) is 40.0 Å². The van der Waals surface area contributed by atoms with Gasteiger partial charge in [0.05, 0.1) is 13.7 Å². The van der Waals surface area contributed by atoms with Crippen LogP contribution in [0.2, 0.25) is 0 Å². The Hall–Kier alpha value is -4.00. The fraction of sp³-hybridized carbons (Fsp3) is 0.231. The maximum Gasteiger partial charge on any atom is 0.243 e. The number of carbonyl (C=O) groups is 2. The molecule has 4 aromatic rings. The summed E-state index contributed by atoms with van der Waals surface area (Å²) in [5.41, 5.74) is 9.20. The number of rotatable bonds is 9. The van der Waals surface area contributed by atoms with E-state index in [9.17, 15) is 9.59 Å². The van der Waals surface area contributed by atoms with Crippen LogP contribution in [0.15, 0.2) is 66.7 Å². The summed E-state index contributed by atoms with van der Waals surface area (Å²) in [6, 6.07) is 21.6. The number of nitrogens with one attached hydrogen (secondary N) is 1. The lowest BCUT2D eigenvalue weighted by atomic mass is 10.1. The molecule has 0 aliphatic heterocycles. The average Bonchev–Trinajstić information content (AvgIpc) is 3.14. The molecule has 3 aromatic carbocycles. The van der Waals surface area contributed by atoms with Crippen molar-refractivity contribution in [3.63, 3.8) is 0 Å². The zero-order valence-electron chi connectivity index (χ0n) is 18.9. The average molecular weight is 445 g/mol. The van der Waals surface area contributed by atoms with Crippen molar-refractivity contribution in [2.45, 2.75) is 19.9 Å². The smallest absolute Gasteiger partial charge is 0.243 e. The third-order valence-electron chi connectivity index (χ3n) is 5.77. The number of hydrogen-bond acceptors (Lipinski definition) is 4. The molecule has 4 rings (SSSR count). The Bertz CT molecular complexity index is 1290. The van der Waals surface area contributed by atoms with Crippen molar-refractivity contribution in [2.75, 3.05) is 30.4 Å². The van der Waals surface area contributed by atoms with Crippen LogP contribution < -0.4 is 20.7 Å². The third kappa shape index (κ3) is 4.77. The van der Waals surface area contributed by atoms with Crippen LogP contribution in [-0.2, 0) is 16.1 Å². The number of aromatic nitrogens is 1. The van der Waals surface area contributed by atoms with E-state index >= 15 is 0 Å². The number of para-hydroxylation sites is 1. The van der Waals surface area contributed by atoms with Crippen LogP contribution >= 0.6 is 0 Å². The van der Waals surface area contributed by atoms with E-state index in [0.29, 0.717) is 6.54 Å². The quantitative estimate of drug-likeness (QED) is 0.406. The highest BCUT2D eigenvalue weighted by molar-refractivity contribution is 6.10. The second kappa shape index (κ2) is 9.65. The van der Waals surface area contributed by atoms with Gasteiger partial charge in [0, 0.05) is 52.7 Å². The van der Waals surface area contributed by atoms with Gasteiger partial charge in [0.15, 0.2) is 0 Å². The monoisotopic (exact) mass is 444 g/mol. The summed E-state index contributed by atoms with van der Waals surface area (Å²) in [7, 11) is 1.60. The molecule has 7 nitrogen and oxygen atoms in total. The van der Waals surface area contributed by atoms with Crippen LogP contribution in [-0.4, -0.2) is 36.6 Å². The van der Waals surface area contributed by atoms with Crippen molar-refractivity contribution in [3.05, 3.63) is 66.7 Å². The summed E-state index contributed by atoms with van der Waals surface area (Å²) >= 11 is 0. The molecule has 0 saturated carbocycles. The lowest BCUT2D eigenvalue weighted by Gasteiger charge is -2.24. The minimum Gasteiger partial charge on any atom is -0.497 e. The van der Waals surface area contributed by atoms with Gasteiger partial charge in [0.1, 0.15) is 5.75 Å². The van der Waals surface area contributed by atoms with Gasteiger partial charge in [-0.15, -0.1) is 0 Å². The molecule has 1 heterocycles. The van der Waals surface area contributed by atoms with E-state index in [-0.39, 0.29) is 18.9 Å². The number of nitrogens with two attached hydrogens (primary N) is 1. The summed E-state index contributed by atoms with van der Waals surface area (Å²) < 4.78 is 7.48. The number of benzene rings is 3. The van der Waals surface area contributed by atoms with E-state index in [1.165, 1.54) is 5.52 Å². The summed E-state index contributed by atoms with van der Waals surface area (Å²) in [6.07, 6.45) is 0.155. The van der Waals surface area contributed by atoms with Crippen molar-refractivity contribution >= 4 is 45.0 Å². The number of aryl methyl sites for hydroxylation is 1. The molecular formula is C26H28N4O3. The maximum absolute atomic E-state index is 12.9. The molecule has 33 heavy (non-hydrogen) atoms. The van der Waals surface area contributed by atoms with Gasteiger partial charge in [-0.05, 0) is 55.5 Å². The lowest BCUT2D eigenvalue weighted by Crippen LogP contribution is -2.35. The number of fused-ring (bicyclic) bond motifs is 3. The number of amides is 2. The van der Waals surface area contributed by atoms with Crippen molar-refractivity contribution < 1.29 is 14.3 Å². The molecule has 0 radical (unpaired) electrons. The van der Waals surface area contributed by atoms with Crippen LogP contribution in [0.5, 0.6) is 5.75 Å². The number of nitrogens with zero attached hydrogens (tertiary/aromatic N) is 2. The number of anilines is 2. The molecule has 0 saturated heterocycles. The zero-order valence-corrected chi connectivity index (χ0v) is 18.9. The van der Waals surface area contributed by atoms with E-state index in [4.69, 9.17) is 10.5 Å². The van der Waals surface area contributed by atoms with Gasteiger partial charge in [0.25, 0.3) is 0 Å². The topological polar surface area (TPSA) is 89.6 Å². The molecule has 0 bridgehead atoms. The van der Waals surface area contributed by atoms with Gasteiger partial charge in [-0.25, -0.2) is 0 Å². The largest absolute Gasteiger partial charge is 0.497 e. The number of methoxy groups -OCH3 is 1. The first-order chi connectivity index (χ1) is 16.0. The van der Waals surface area contributed by atoms with Crippen molar-refractivity contribution in [1.29, 1.82) is 0 Å². The Labute approximate surface area is 192 Å². The van der Waals surface area contributed by atoms with Crippen molar-refractivity contribution in [2.24, 2.45) is 5.73 Å². The second-order valence-electron chi connectivity index (χ2n) is 7.88. The first-order valence-electron chi connectivity index (χ1n) is 11.0. The molecule has 0 atom stereocenters. The van der Waals surface area contributed by atoms with Gasteiger partial charge in [0.2, 0.25) is 11.8 Å². The molecule has 7 heteroatoms. The van der Waals surface area contributed by atoms with E-state index in [2.05, 4.69) is 28.9 Å². The van der Waals surface area contributed by atoms with Gasteiger partial charge >= 0.3 is 0 Å². The Morgan fingerprint density at radius 1 is 1.00 bits per heavy atom. The Morgan fingerprint density at radius 3 is 2.42 bits per heavy atom. The van der Waals surface area contributed by atoms with Crippen LogP contribution in [0.1, 0.15) is 13.3 Å². The summed E-state index contributed by atoms with van der Waals surface area (Å²) in [5.74, 6) is 0.137. The number of carbonyl (C=O) groups excluding carboxylic acids is 2. The van der Waals surface area contributed by atoms with Crippen LogP contribution in [0, 0.1) is 0 Å². The highest BCUT2D eigenvalue weighted by Gasteiger charge is 2.15. The van der Waals surface area contributed by atoms with E-state index < -0.39 is 5.91 Å². The van der Waals surface area contributed by atoms with E-state index in [1.807, 2.05) is 59.5 Å². The minimum atomic E-state index is -0.410. The zero-order chi connectivity index (χ0) is 23.4. The fourth-order valence-electron chi connectivity index (χ4n) is 4.18. The summed E-state index contributed by atoms with van der Waals surface area (Å²) in [6.45, 7) is 3.43. The molecule has 0 aliphatic carbocycles. The molecule has 3 N–H and O–H groups in total. The first kappa shape index (κ1) is 22.2. The standard InChI is InChI=1S/C26H28N4O3/c1-3-30-23-7-5-4-6-21(23)22-16-18(8-13-24(22)30)28-26(32)17-29(15-14-25(27)31)19-9-11-20(33-2)12-10-19/h4-13,16H,3,14-15,17H2,1-2H3,(H2,27,31)(H,28,32). The first-order valence-corrected chi connectivity index (χ1v) is 11.0. The number of hydrogen-bond donors (Lipinski definition) is 2. The maximum atomic E-state index is 12.9. The lowest BCUT2D eigenvalue weighted by molar-refractivity contribution is -0.118. The predicted octanol–water partition coefficient (Wildman–Crippen LogP) is 4.14. The molecule has 1 aromatic heterocycles. The van der Waals surface area contributed by atoms with Gasteiger partial charge in [-0.3, -0.25) is 9.59 Å². The molecule has 0 spiro atoms. The predicted molar refractivity (Wildman–Crippen MR) is 133 cm³/mol. The van der Waals surface area contributed by atoms with Crippen molar-refractivity contribution in [3.8, 4) is 5.75 Å². The highest BCUT2D eigenvalue weighted by Crippen LogP contribution is 2.31. The normalized spacial score (nSPS) is 11.0. The molecule has 2 amide bonds. The molecular weight excluding hydrogens is 416 g/mol. The van der Waals surface area contributed by atoms with Crippen LogP contribution in [0.4, 0.5) is 11.4 Å². The van der Waals surface area contributed by atoms with Crippen LogP contribution in [0.3, 0.4) is 0 Å². The minimum absolute atomic E-state index is 0.0916. The summed E-state index contributed by atoms with van der Waals surface area (Å²) in [4.78, 5) is 26.1. The summed E-state index contributed by atoms with van der Waals surface area (Å²) in [5, 5.41) is 5.27. The second-order valence-corrected chi connectivity index (χ2v) is 7.88. The molecule has 0 aliphatic rings. The fourth-order valence-corrected chi connectivity index (χ4v) is 4.18. The Balaban J connectivity index is 1.56. The van der Waals surface area contributed by atoms with Gasteiger partial charge < -0.3 is 25.3 Å². The Morgan fingerprint density at radius 2 is 1.73 bits per heavy atom. The van der Waals surface area contributed by atoms with Crippen LogP contribution in [0.25, 0.3) is 21.8 Å². The molecule has 0 fully saturated rings. The van der Waals surface area contributed by atoms with Gasteiger partial charge in [-0.2, -0.15) is 0 Å². The SMILES string of the molecule is CCn1c2ccccc2c2cc(NC(=O)CN(CCC(N)=O)c3ccc(OC)cc3)ccc21. The third-order valence-corrected chi connectivity index (χ3v) is 5.77. The van der Waals surface area contributed by atoms with Crippen molar-refractivity contribution in [1.82, 2.24) is 4.57 Å². The highest BCUT2D eigenvalue weighted by atomic mass is 16.5.